The fourth-order valence-corrected chi connectivity index (χ4v) is 5.16. The summed E-state index contributed by atoms with van der Waals surface area (Å²) in [6, 6.07) is 20.4. The molecule has 188 valence electrons. The Balaban J connectivity index is 1.36. The molecule has 0 aliphatic heterocycles. The van der Waals surface area contributed by atoms with E-state index in [1.54, 1.807) is 6.20 Å². The lowest BCUT2D eigenvalue weighted by atomic mass is 9.74. The van der Waals surface area contributed by atoms with E-state index in [4.69, 9.17) is 9.15 Å². The van der Waals surface area contributed by atoms with Crippen molar-refractivity contribution in [1.29, 1.82) is 0 Å². The average Bonchev–Trinajstić information content (AvgIpc) is 3.33. The molecule has 3 aromatic rings. The Morgan fingerprint density at radius 3 is 2.31 bits per heavy atom. The lowest BCUT2D eigenvalue weighted by Crippen LogP contribution is -2.37. The normalized spacial score (nSPS) is 17.1. The van der Waals surface area contributed by atoms with Crippen molar-refractivity contribution in [3.05, 3.63) is 89.6 Å². The van der Waals surface area contributed by atoms with Crippen molar-refractivity contribution in [3.8, 4) is 0 Å². The third-order valence-electron chi connectivity index (χ3n) is 7.21. The molecule has 1 aromatic heterocycles. The van der Waals surface area contributed by atoms with Crippen molar-refractivity contribution in [3.63, 3.8) is 0 Å². The maximum absolute atomic E-state index is 12.1. The van der Waals surface area contributed by atoms with Gasteiger partial charge in [0.05, 0.1) is 26.0 Å². The van der Waals surface area contributed by atoms with Gasteiger partial charge in [0, 0.05) is 12.5 Å². The van der Waals surface area contributed by atoms with Gasteiger partial charge in [0.25, 0.3) is 0 Å². The first-order valence-electron chi connectivity index (χ1n) is 13.2. The zero-order chi connectivity index (χ0) is 24.3. The number of hydrogen-bond acceptors (Lipinski definition) is 5. The van der Waals surface area contributed by atoms with Crippen LogP contribution in [-0.4, -0.2) is 41.8 Å². The van der Waals surface area contributed by atoms with Crippen molar-refractivity contribution in [2.45, 2.75) is 63.5 Å². The Morgan fingerprint density at radius 1 is 0.943 bits per heavy atom. The van der Waals surface area contributed by atoms with Crippen molar-refractivity contribution in [1.82, 2.24) is 9.88 Å². The second-order valence-electron chi connectivity index (χ2n) is 9.89. The molecule has 5 nitrogen and oxygen atoms in total. The number of rotatable bonds is 11. The third kappa shape index (κ3) is 7.03. The summed E-state index contributed by atoms with van der Waals surface area (Å²) in [7, 11) is 2.06. The first-order valence-corrected chi connectivity index (χ1v) is 13.2. The standard InChI is InChI=1S/C30H40N2O3/c1-32(20-22-34-21-19-25-13-7-5-8-14-25)24-28-23-31-29(35-28)30(33,27-17-11-6-12-18-27)26-15-9-3-2-4-10-16-26/h5-8,11-14,17-18,23,26,33H,2-4,9-10,15-16,19-22,24H2,1H3. The lowest BCUT2D eigenvalue weighted by molar-refractivity contribution is -0.0201. The molecule has 1 aliphatic carbocycles. The van der Waals surface area contributed by atoms with E-state index in [0.29, 0.717) is 19.0 Å². The third-order valence-corrected chi connectivity index (χ3v) is 7.21. The fraction of sp³-hybridized carbons (Fsp3) is 0.500. The predicted octanol–water partition coefficient (Wildman–Crippen LogP) is 5.96. The molecule has 4 rings (SSSR count). The maximum atomic E-state index is 12.1. The summed E-state index contributed by atoms with van der Waals surface area (Å²) in [5.74, 6) is 1.30. The average molecular weight is 477 g/mol. The first kappa shape index (κ1) is 25.6. The van der Waals surface area contributed by atoms with E-state index in [2.05, 4.69) is 41.2 Å². The van der Waals surface area contributed by atoms with Crippen LogP contribution in [0.2, 0.25) is 0 Å². The van der Waals surface area contributed by atoms with Gasteiger partial charge in [-0.05, 0) is 37.4 Å². The highest BCUT2D eigenvalue weighted by molar-refractivity contribution is 5.30. The Labute approximate surface area is 210 Å². The Morgan fingerprint density at radius 2 is 1.60 bits per heavy atom. The molecule has 0 spiro atoms. The molecule has 1 saturated carbocycles. The fourth-order valence-electron chi connectivity index (χ4n) is 5.16. The molecule has 1 N–H and O–H groups in total. The number of ether oxygens (including phenoxy) is 1. The van der Waals surface area contributed by atoms with Crippen LogP contribution in [0.4, 0.5) is 0 Å². The molecule has 2 aromatic carbocycles. The van der Waals surface area contributed by atoms with Gasteiger partial charge < -0.3 is 14.3 Å². The van der Waals surface area contributed by atoms with Gasteiger partial charge in [-0.2, -0.15) is 0 Å². The molecule has 0 radical (unpaired) electrons. The van der Waals surface area contributed by atoms with Crippen molar-refractivity contribution in [2.75, 3.05) is 26.8 Å². The van der Waals surface area contributed by atoms with E-state index in [1.165, 1.54) is 24.8 Å². The minimum Gasteiger partial charge on any atom is -0.441 e. The zero-order valence-electron chi connectivity index (χ0n) is 21.1. The van der Waals surface area contributed by atoms with Crippen LogP contribution in [-0.2, 0) is 23.3 Å². The number of nitrogens with zero attached hydrogens (tertiary/aromatic N) is 2. The second kappa shape index (κ2) is 13.0. The van der Waals surface area contributed by atoms with Gasteiger partial charge in [0.1, 0.15) is 5.76 Å². The number of oxazole rings is 1. The van der Waals surface area contributed by atoms with Gasteiger partial charge in [-0.1, -0.05) is 92.8 Å². The SMILES string of the molecule is CN(CCOCCc1ccccc1)Cc1cnc(C(O)(c2ccccc2)C2CCCCCCC2)o1. The molecule has 1 atom stereocenters. The van der Waals surface area contributed by atoms with Gasteiger partial charge in [-0.3, -0.25) is 4.90 Å². The van der Waals surface area contributed by atoms with Crippen LogP contribution in [0.3, 0.4) is 0 Å². The largest absolute Gasteiger partial charge is 0.441 e. The minimum absolute atomic E-state index is 0.104. The lowest BCUT2D eigenvalue weighted by Gasteiger charge is -2.35. The number of aromatic nitrogens is 1. The van der Waals surface area contributed by atoms with Crippen LogP contribution in [0.1, 0.15) is 67.7 Å². The highest BCUT2D eigenvalue weighted by Crippen LogP contribution is 2.42. The summed E-state index contributed by atoms with van der Waals surface area (Å²) in [4.78, 5) is 6.79. The number of likely N-dealkylation sites (N-methyl/N-ethyl adjacent to an activating group) is 1. The van der Waals surface area contributed by atoms with Crippen LogP contribution in [0.25, 0.3) is 0 Å². The summed E-state index contributed by atoms with van der Waals surface area (Å²) in [5, 5.41) is 12.1. The number of hydrogen-bond donors (Lipinski definition) is 1. The van der Waals surface area contributed by atoms with E-state index in [1.807, 2.05) is 36.4 Å². The molecular formula is C30H40N2O3. The van der Waals surface area contributed by atoms with E-state index >= 15 is 0 Å². The molecular weight excluding hydrogens is 436 g/mol. The van der Waals surface area contributed by atoms with Gasteiger partial charge in [-0.15, -0.1) is 0 Å². The summed E-state index contributed by atoms with van der Waals surface area (Å²) < 4.78 is 12.1. The van der Waals surface area contributed by atoms with Crippen molar-refractivity contribution >= 4 is 0 Å². The summed E-state index contributed by atoms with van der Waals surface area (Å²) >= 11 is 0. The number of aliphatic hydroxyl groups is 1. The van der Waals surface area contributed by atoms with E-state index in [0.717, 1.165) is 56.6 Å². The molecule has 35 heavy (non-hydrogen) atoms. The highest BCUT2D eigenvalue weighted by atomic mass is 16.5. The summed E-state index contributed by atoms with van der Waals surface area (Å²) in [6.45, 7) is 2.82. The van der Waals surface area contributed by atoms with Gasteiger partial charge >= 0.3 is 0 Å². The molecule has 0 saturated heterocycles. The second-order valence-corrected chi connectivity index (χ2v) is 9.89. The van der Waals surface area contributed by atoms with Crippen LogP contribution in [0.5, 0.6) is 0 Å². The smallest absolute Gasteiger partial charge is 0.231 e. The van der Waals surface area contributed by atoms with Crippen LogP contribution >= 0.6 is 0 Å². The van der Waals surface area contributed by atoms with E-state index in [-0.39, 0.29) is 5.92 Å². The summed E-state index contributed by atoms with van der Waals surface area (Å²) in [5.41, 5.74) is 0.972. The molecule has 1 unspecified atom stereocenters. The first-order chi connectivity index (χ1) is 17.2. The molecule has 0 amide bonds. The topological polar surface area (TPSA) is 58.7 Å². The molecule has 1 heterocycles. The molecule has 0 bridgehead atoms. The van der Waals surface area contributed by atoms with Crippen molar-refractivity contribution in [2.24, 2.45) is 5.92 Å². The van der Waals surface area contributed by atoms with Crippen molar-refractivity contribution < 1.29 is 14.3 Å². The van der Waals surface area contributed by atoms with Gasteiger partial charge in [0.2, 0.25) is 5.89 Å². The van der Waals surface area contributed by atoms with Crippen LogP contribution in [0.15, 0.2) is 71.3 Å². The Hall–Kier alpha value is -2.47. The predicted molar refractivity (Wildman–Crippen MR) is 139 cm³/mol. The molecule has 5 heteroatoms. The maximum Gasteiger partial charge on any atom is 0.231 e. The monoisotopic (exact) mass is 476 g/mol. The van der Waals surface area contributed by atoms with Crippen LogP contribution in [0, 0.1) is 5.92 Å². The molecule has 1 aliphatic rings. The quantitative estimate of drug-likeness (QED) is 0.346. The zero-order valence-corrected chi connectivity index (χ0v) is 21.1. The molecule has 1 fully saturated rings. The minimum atomic E-state index is -1.20. The highest BCUT2D eigenvalue weighted by Gasteiger charge is 2.44. The van der Waals surface area contributed by atoms with Gasteiger partial charge in [-0.25, -0.2) is 4.98 Å². The summed E-state index contributed by atoms with van der Waals surface area (Å²) in [6.07, 6.45) is 10.7. The van der Waals surface area contributed by atoms with Crippen LogP contribution < -0.4 is 0 Å². The van der Waals surface area contributed by atoms with Gasteiger partial charge in [0.15, 0.2) is 5.60 Å². The number of benzene rings is 2. The Bertz CT molecular complexity index is 983. The van der Waals surface area contributed by atoms with E-state index < -0.39 is 5.60 Å². The Kier molecular flexibility index (Phi) is 9.52. The van der Waals surface area contributed by atoms with E-state index in [9.17, 15) is 5.11 Å².